The van der Waals surface area contributed by atoms with Gasteiger partial charge in [0.05, 0.1) is 5.69 Å². The summed E-state index contributed by atoms with van der Waals surface area (Å²) in [6.07, 6.45) is 4.62. The lowest BCUT2D eigenvalue weighted by Gasteiger charge is -2.19. The zero-order valence-corrected chi connectivity index (χ0v) is 10.2. The van der Waals surface area contributed by atoms with Crippen LogP contribution >= 0.6 is 0 Å². The molecular weight excluding hydrogens is 198 g/mol. The fourth-order valence-corrected chi connectivity index (χ4v) is 2.03. The highest BCUT2D eigenvalue weighted by molar-refractivity contribution is 5.42. The van der Waals surface area contributed by atoms with Crippen LogP contribution in [0.3, 0.4) is 0 Å². The van der Waals surface area contributed by atoms with Gasteiger partial charge in [-0.05, 0) is 38.4 Å². The Bertz CT molecular complexity index is 334. The van der Waals surface area contributed by atoms with Crippen molar-refractivity contribution in [2.75, 3.05) is 18.4 Å². The zero-order chi connectivity index (χ0) is 11.4. The summed E-state index contributed by atoms with van der Waals surface area (Å²) in [5.41, 5.74) is 2.35. The Balaban J connectivity index is 1.99. The minimum atomic E-state index is 0.814. The third-order valence-corrected chi connectivity index (χ3v) is 3.03. The van der Waals surface area contributed by atoms with Crippen molar-refractivity contribution in [2.24, 2.45) is 0 Å². The molecule has 2 rings (SSSR count). The molecule has 3 heteroatoms. The van der Waals surface area contributed by atoms with Gasteiger partial charge in [-0.3, -0.25) is 9.88 Å². The lowest BCUT2D eigenvalue weighted by atomic mass is 10.3. The molecule has 1 aromatic rings. The average molecular weight is 219 g/mol. The molecule has 16 heavy (non-hydrogen) atoms. The first-order chi connectivity index (χ1) is 7.83. The van der Waals surface area contributed by atoms with E-state index in [4.69, 9.17) is 0 Å². The first-order valence-corrected chi connectivity index (χ1v) is 6.26. The molecule has 0 saturated heterocycles. The Morgan fingerprint density at radius 1 is 1.44 bits per heavy atom. The second-order valence-electron chi connectivity index (χ2n) is 4.36. The van der Waals surface area contributed by atoms with E-state index in [-0.39, 0.29) is 0 Å². The third kappa shape index (κ3) is 2.95. The predicted molar refractivity (Wildman–Crippen MR) is 67.5 cm³/mol. The van der Waals surface area contributed by atoms with E-state index in [0.29, 0.717) is 0 Å². The van der Waals surface area contributed by atoms with Gasteiger partial charge in [0, 0.05) is 31.0 Å². The summed E-state index contributed by atoms with van der Waals surface area (Å²) < 4.78 is 0. The average Bonchev–Trinajstić information content (AvgIpc) is 3.11. The van der Waals surface area contributed by atoms with Crippen LogP contribution in [0.4, 0.5) is 5.69 Å². The molecule has 1 aliphatic rings. The molecule has 0 aliphatic heterocycles. The molecule has 0 atom stereocenters. The SMILES string of the molecule is CCNc1ccnc(CN(CC)C2CC2)c1. The van der Waals surface area contributed by atoms with Crippen molar-refractivity contribution in [3.05, 3.63) is 24.0 Å². The van der Waals surface area contributed by atoms with E-state index < -0.39 is 0 Å². The maximum absolute atomic E-state index is 4.44. The quantitative estimate of drug-likeness (QED) is 0.796. The van der Waals surface area contributed by atoms with Crippen molar-refractivity contribution < 1.29 is 0 Å². The maximum atomic E-state index is 4.44. The number of anilines is 1. The van der Waals surface area contributed by atoms with Crippen LogP contribution in [-0.2, 0) is 6.54 Å². The summed E-state index contributed by atoms with van der Waals surface area (Å²) >= 11 is 0. The maximum Gasteiger partial charge on any atom is 0.0564 e. The lowest BCUT2D eigenvalue weighted by molar-refractivity contribution is 0.266. The summed E-state index contributed by atoms with van der Waals surface area (Å²) in [7, 11) is 0. The molecule has 1 aromatic heterocycles. The van der Waals surface area contributed by atoms with Crippen LogP contribution in [0.25, 0.3) is 0 Å². The van der Waals surface area contributed by atoms with Gasteiger partial charge in [0.2, 0.25) is 0 Å². The van der Waals surface area contributed by atoms with E-state index in [1.807, 2.05) is 12.3 Å². The molecule has 0 bridgehead atoms. The normalized spacial score (nSPS) is 15.4. The molecule has 0 aromatic carbocycles. The number of hydrogen-bond acceptors (Lipinski definition) is 3. The van der Waals surface area contributed by atoms with E-state index in [1.165, 1.54) is 24.2 Å². The molecule has 1 aliphatic carbocycles. The first-order valence-electron chi connectivity index (χ1n) is 6.26. The van der Waals surface area contributed by atoms with Gasteiger partial charge in [-0.1, -0.05) is 6.92 Å². The van der Waals surface area contributed by atoms with Crippen LogP contribution < -0.4 is 5.32 Å². The van der Waals surface area contributed by atoms with Crippen molar-refractivity contribution in [2.45, 2.75) is 39.3 Å². The summed E-state index contributed by atoms with van der Waals surface area (Å²) in [5.74, 6) is 0. The van der Waals surface area contributed by atoms with Crippen molar-refractivity contribution in [3.8, 4) is 0 Å². The Kier molecular flexibility index (Phi) is 3.78. The molecule has 3 nitrogen and oxygen atoms in total. The minimum Gasteiger partial charge on any atom is -0.385 e. The highest BCUT2D eigenvalue weighted by Gasteiger charge is 2.27. The van der Waals surface area contributed by atoms with E-state index in [9.17, 15) is 0 Å². The predicted octanol–water partition coefficient (Wildman–Crippen LogP) is 2.50. The molecular formula is C13H21N3. The molecule has 1 saturated carbocycles. The van der Waals surface area contributed by atoms with Crippen LogP contribution in [-0.4, -0.2) is 29.0 Å². The monoisotopic (exact) mass is 219 g/mol. The van der Waals surface area contributed by atoms with E-state index in [1.54, 1.807) is 0 Å². The van der Waals surface area contributed by atoms with Crippen molar-refractivity contribution in [1.29, 1.82) is 0 Å². The minimum absolute atomic E-state index is 0.814. The van der Waals surface area contributed by atoms with Gasteiger partial charge < -0.3 is 5.32 Å². The highest BCUT2D eigenvalue weighted by Crippen LogP contribution is 2.27. The van der Waals surface area contributed by atoms with Gasteiger partial charge in [-0.15, -0.1) is 0 Å². The molecule has 1 fully saturated rings. The third-order valence-electron chi connectivity index (χ3n) is 3.03. The summed E-state index contributed by atoms with van der Waals surface area (Å²) in [6.45, 7) is 7.41. The Hall–Kier alpha value is -1.09. The number of aromatic nitrogens is 1. The van der Waals surface area contributed by atoms with Gasteiger partial charge in [0.1, 0.15) is 0 Å². The Morgan fingerprint density at radius 3 is 2.88 bits per heavy atom. The van der Waals surface area contributed by atoms with Gasteiger partial charge in [0.25, 0.3) is 0 Å². The topological polar surface area (TPSA) is 28.2 Å². The van der Waals surface area contributed by atoms with Gasteiger partial charge in [-0.25, -0.2) is 0 Å². The molecule has 0 unspecified atom stereocenters. The lowest BCUT2D eigenvalue weighted by Crippen LogP contribution is -2.25. The fourth-order valence-electron chi connectivity index (χ4n) is 2.03. The molecule has 88 valence electrons. The Labute approximate surface area is 97.9 Å². The molecule has 0 amide bonds. The van der Waals surface area contributed by atoms with E-state index in [0.717, 1.165) is 25.7 Å². The van der Waals surface area contributed by atoms with Gasteiger partial charge >= 0.3 is 0 Å². The van der Waals surface area contributed by atoms with Gasteiger partial charge in [-0.2, -0.15) is 0 Å². The molecule has 0 spiro atoms. The van der Waals surface area contributed by atoms with Crippen molar-refractivity contribution in [1.82, 2.24) is 9.88 Å². The second kappa shape index (κ2) is 5.30. The standard InChI is InChI=1S/C13H21N3/c1-3-14-11-7-8-15-12(9-11)10-16(4-2)13-5-6-13/h7-9,13H,3-6,10H2,1-2H3,(H,14,15). The summed E-state index contributed by atoms with van der Waals surface area (Å²) in [4.78, 5) is 6.95. The number of rotatable bonds is 6. The number of pyridine rings is 1. The number of nitrogens with one attached hydrogen (secondary N) is 1. The molecule has 1 N–H and O–H groups in total. The van der Waals surface area contributed by atoms with Crippen molar-refractivity contribution >= 4 is 5.69 Å². The van der Waals surface area contributed by atoms with Crippen LogP contribution in [0, 0.1) is 0 Å². The number of hydrogen-bond donors (Lipinski definition) is 1. The first kappa shape index (κ1) is 11.4. The van der Waals surface area contributed by atoms with Gasteiger partial charge in [0.15, 0.2) is 0 Å². The highest BCUT2D eigenvalue weighted by atomic mass is 15.2. The van der Waals surface area contributed by atoms with E-state index in [2.05, 4.69) is 35.1 Å². The summed E-state index contributed by atoms with van der Waals surface area (Å²) in [5, 5.41) is 3.33. The van der Waals surface area contributed by atoms with Crippen LogP contribution in [0.1, 0.15) is 32.4 Å². The van der Waals surface area contributed by atoms with Crippen LogP contribution in [0.2, 0.25) is 0 Å². The summed E-state index contributed by atoms with van der Waals surface area (Å²) in [6, 6.07) is 5.00. The molecule has 0 radical (unpaired) electrons. The van der Waals surface area contributed by atoms with Crippen LogP contribution in [0.15, 0.2) is 18.3 Å². The van der Waals surface area contributed by atoms with E-state index >= 15 is 0 Å². The molecule has 1 heterocycles. The van der Waals surface area contributed by atoms with Crippen molar-refractivity contribution in [3.63, 3.8) is 0 Å². The largest absolute Gasteiger partial charge is 0.385 e. The smallest absolute Gasteiger partial charge is 0.0564 e. The second-order valence-corrected chi connectivity index (χ2v) is 4.36. The fraction of sp³-hybridized carbons (Fsp3) is 0.615. The Morgan fingerprint density at radius 2 is 2.25 bits per heavy atom. The van der Waals surface area contributed by atoms with Crippen LogP contribution in [0.5, 0.6) is 0 Å². The zero-order valence-electron chi connectivity index (χ0n) is 10.2. The number of nitrogens with zero attached hydrogens (tertiary/aromatic N) is 2.